The van der Waals surface area contributed by atoms with E-state index in [2.05, 4.69) is 16.6 Å². The van der Waals surface area contributed by atoms with Crippen molar-refractivity contribution < 1.29 is 17.9 Å². The van der Waals surface area contributed by atoms with Crippen LogP contribution in [0.4, 0.5) is 5.69 Å². The van der Waals surface area contributed by atoms with Gasteiger partial charge >= 0.3 is 0 Å². The zero-order chi connectivity index (χ0) is 19.0. The molecule has 2 rings (SSSR count). The Morgan fingerprint density at radius 3 is 2.81 bits per heavy atom. The second kappa shape index (κ2) is 9.94. The van der Waals surface area contributed by atoms with Gasteiger partial charge in [-0.2, -0.15) is 8.42 Å². The van der Waals surface area contributed by atoms with Crippen molar-refractivity contribution in [3.63, 3.8) is 0 Å². The normalized spacial score (nSPS) is 15.3. The number of hydrogen-bond acceptors (Lipinski definition) is 6. The predicted molar refractivity (Wildman–Crippen MR) is 105 cm³/mol. The van der Waals surface area contributed by atoms with Crippen molar-refractivity contribution in [2.24, 2.45) is 4.40 Å². The third kappa shape index (κ3) is 5.46. The Hall–Kier alpha value is -1.58. The zero-order valence-corrected chi connectivity index (χ0v) is 16.7. The largest absolute Gasteiger partial charge is 0.385 e. The van der Waals surface area contributed by atoms with Gasteiger partial charge in [0.1, 0.15) is 4.90 Å². The number of fused-ring (bicyclic) bond motifs is 1. The highest BCUT2D eigenvalue weighted by Gasteiger charge is 2.30. The lowest BCUT2D eigenvalue weighted by Crippen LogP contribution is -2.36. The van der Waals surface area contributed by atoms with E-state index in [4.69, 9.17) is 4.74 Å². The maximum atomic E-state index is 12.4. The Balaban J connectivity index is 2.10. The van der Waals surface area contributed by atoms with Crippen molar-refractivity contribution in [3.05, 3.63) is 24.3 Å². The second-order valence-electron chi connectivity index (χ2n) is 5.81. The minimum absolute atomic E-state index is 0.117. The number of sulfonamides is 1. The Morgan fingerprint density at radius 1 is 1.31 bits per heavy atom. The number of para-hydroxylation sites is 1. The molecule has 0 fully saturated rings. The number of ether oxygens (including phenoxy) is 1. The third-order valence-electron chi connectivity index (χ3n) is 3.78. The zero-order valence-electron chi connectivity index (χ0n) is 15.1. The van der Waals surface area contributed by atoms with Crippen LogP contribution in [-0.4, -0.2) is 52.1 Å². The van der Waals surface area contributed by atoms with Gasteiger partial charge in [0, 0.05) is 26.8 Å². The van der Waals surface area contributed by atoms with Crippen LogP contribution in [0.25, 0.3) is 0 Å². The summed E-state index contributed by atoms with van der Waals surface area (Å²) in [6, 6.07) is 6.85. The SMILES string of the molecule is CCCCN1C(SCC(=O)NCCCOC)=NS(=O)(=O)c2ccccc21. The summed E-state index contributed by atoms with van der Waals surface area (Å²) in [4.78, 5) is 14.1. The van der Waals surface area contributed by atoms with Gasteiger partial charge in [-0.1, -0.05) is 37.2 Å². The molecule has 0 aromatic heterocycles. The summed E-state index contributed by atoms with van der Waals surface area (Å²) in [5.74, 6) is -0.0351. The molecule has 144 valence electrons. The number of unbranched alkanes of at least 4 members (excludes halogenated alkanes) is 1. The highest BCUT2D eigenvalue weighted by molar-refractivity contribution is 8.15. The summed E-state index contributed by atoms with van der Waals surface area (Å²) in [5, 5.41) is 3.14. The van der Waals surface area contributed by atoms with E-state index < -0.39 is 10.0 Å². The molecule has 0 aliphatic carbocycles. The number of anilines is 1. The van der Waals surface area contributed by atoms with Crippen molar-refractivity contribution in [1.29, 1.82) is 0 Å². The molecule has 0 saturated carbocycles. The molecular weight excluding hydrogens is 374 g/mol. The fourth-order valence-electron chi connectivity index (χ4n) is 2.46. The molecular formula is C17H25N3O4S2. The molecule has 26 heavy (non-hydrogen) atoms. The van der Waals surface area contributed by atoms with Crippen LogP contribution in [-0.2, 0) is 19.6 Å². The number of nitrogens with one attached hydrogen (secondary N) is 1. The number of thioether (sulfide) groups is 1. The molecule has 1 N–H and O–H groups in total. The van der Waals surface area contributed by atoms with Gasteiger partial charge in [-0.25, -0.2) is 0 Å². The third-order valence-corrected chi connectivity index (χ3v) is 6.18. The van der Waals surface area contributed by atoms with Crippen LogP contribution in [0.5, 0.6) is 0 Å². The summed E-state index contributed by atoms with van der Waals surface area (Å²) in [6.45, 7) is 3.84. The fraction of sp³-hybridized carbons (Fsp3) is 0.529. The average Bonchev–Trinajstić information content (AvgIpc) is 2.63. The number of methoxy groups -OCH3 is 1. The van der Waals surface area contributed by atoms with Crippen molar-refractivity contribution >= 4 is 38.5 Å². The van der Waals surface area contributed by atoms with Crippen molar-refractivity contribution in [2.45, 2.75) is 31.1 Å². The first-order chi connectivity index (χ1) is 12.5. The molecule has 0 bridgehead atoms. The van der Waals surface area contributed by atoms with Crippen molar-refractivity contribution in [2.75, 3.05) is 37.5 Å². The summed E-state index contributed by atoms with van der Waals surface area (Å²) < 4.78 is 33.8. The maximum Gasteiger partial charge on any atom is 0.286 e. The van der Waals surface area contributed by atoms with E-state index in [0.29, 0.717) is 30.6 Å². The first-order valence-corrected chi connectivity index (χ1v) is 11.0. The van der Waals surface area contributed by atoms with Crippen LogP contribution in [0.2, 0.25) is 0 Å². The fourth-order valence-corrected chi connectivity index (χ4v) is 4.77. The van der Waals surface area contributed by atoms with Crippen LogP contribution in [0.15, 0.2) is 33.6 Å². The van der Waals surface area contributed by atoms with Crippen LogP contribution in [0.3, 0.4) is 0 Å². The Bertz CT molecular complexity index is 750. The van der Waals surface area contributed by atoms with Gasteiger partial charge in [0.25, 0.3) is 10.0 Å². The maximum absolute atomic E-state index is 12.4. The minimum atomic E-state index is -3.74. The van der Waals surface area contributed by atoms with Gasteiger partial charge in [-0.05, 0) is 25.0 Å². The summed E-state index contributed by atoms with van der Waals surface area (Å²) >= 11 is 1.15. The topological polar surface area (TPSA) is 88.1 Å². The highest BCUT2D eigenvalue weighted by atomic mass is 32.2. The lowest BCUT2D eigenvalue weighted by atomic mass is 10.2. The van der Waals surface area contributed by atoms with Gasteiger partial charge < -0.3 is 15.0 Å². The van der Waals surface area contributed by atoms with E-state index in [-0.39, 0.29) is 16.6 Å². The Morgan fingerprint density at radius 2 is 2.08 bits per heavy atom. The molecule has 0 saturated heterocycles. The molecule has 1 aromatic carbocycles. The van der Waals surface area contributed by atoms with Gasteiger partial charge in [-0.3, -0.25) is 4.79 Å². The molecule has 1 aromatic rings. The molecule has 0 spiro atoms. The van der Waals surface area contributed by atoms with Crippen LogP contribution in [0, 0.1) is 0 Å². The second-order valence-corrected chi connectivity index (χ2v) is 8.32. The van der Waals surface area contributed by atoms with Gasteiger partial charge in [0.05, 0.1) is 11.4 Å². The molecule has 1 heterocycles. The monoisotopic (exact) mass is 399 g/mol. The van der Waals surface area contributed by atoms with Crippen LogP contribution >= 0.6 is 11.8 Å². The smallest absolute Gasteiger partial charge is 0.286 e. The van der Waals surface area contributed by atoms with E-state index in [1.54, 1.807) is 25.3 Å². The summed E-state index contributed by atoms with van der Waals surface area (Å²) in [5.41, 5.74) is 0.624. The lowest BCUT2D eigenvalue weighted by Gasteiger charge is -2.30. The van der Waals surface area contributed by atoms with Crippen molar-refractivity contribution in [1.82, 2.24) is 5.32 Å². The van der Waals surface area contributed by atoms with E-state index in [1.165, 1.54) is 0 Å². The number of rotatable bonds is 9. The summed E-state index contributed by atoms with van der Waals surface area (Å²) in [7, 11) is -2.13. The van der Waals surface area contributed by atoms with Gasteiger partial charge in [-0.15, -0.1) is 4.40 Å². The molecule has 0 unspecified atom stereocenters. The predicted octanol–water partition coefficient (Wildman–Crippen LogP) is 2.24. The average molecular weight is 400 g/mol. The number of carbonyl (C=O) groups excluding carboxylic acids is 1. The van der Waals surface area contributed by atoms with Crippen LogP contribution in [0.1, 0.15) is 26.2 Å². The molecule has 0 radical (unpaired) electrons. The van der Waals surface area contributed by atoms with Gasteiger partial charge in [0.2, 0.25) is 5.91 Å². The molecule has 7 nitrogen and oxygen atoms in total. The number of hydrogen-bond donors (Lipinski definition) is 1. The van der Waals surface area contributed by atoms with Gasteiger partial charge in [0.15, 0.2) is 5.17 Å². The number of carbonyl (C=O) groups is 1. The first kappa shape index (κ1) is 20.7. The van der Waals surface area contributed by atoms with E-state index in [9.17, 15) is 13.2 Å². The Kier molecular flexibility index (Phi) is 7.92. The van der Waals surface area contributed by atoms with E-state index in [0.717, 1.165) is 31.0 Å². The Labute approximate surface area is 159 Å². The first-order valence-electron chi connectivity index (χ1n) is 8.59. The molecule has 0 atom stereocenters. The van der Waals surface area contributed by atoms with Crippen LogP contribution < -0.4 is 10.2 Å². The van der Waals surface area contributed by atoms with E-state index in [1.807, 2.05) is 11.0 Å². The number of amidine groups is 1. The molecule has 1 amide bonds. The molecule has 9 heteroatoms. The van der Waals surface area contributed by atoms with E-state index >= 15 is 0 Å². The number of nitrogens with zero attached hydrogens (tertiary/aromatic N) is 2. The number of benzene rings is 1. The summed E-state index contributed by atoms with van der Waals surface area (Å²) in [6.07, 6.45) is 2.61. The molecule has 1 aliphatic rings. The standard InChI is InChI=1S/C17H25N3O4S2/c1-3-4-11-20-14-8-5-6-9-15(14)26(22,23)19-17(20)25-13-16(21)18-10-7-12-24-2/h5-6,8-9H,3-4,7,10-13H2,1-2H3,(H,18,21). The minimum Gasteiger partial charge on any atom is -0.385 e. The molecule has 1 aliphatic heterocycles. The lowest BCUT2D eigenvalue weighted by molar-refractivity contribution is -0.118. The van der Waals surface area contributed by atoms with Crippen molar-refractivity contribution in [3.8, 4) is 0 Å². The quantitative estimate of drug-likeness (QED) is 0.641. The highest BCUT2D eigenvalue weighted by Crippen LogP contribution is 2.34. The number of amides is 1.